The van der Waals surface area contributed by atoms with Gasteiger partial charge in [-0.25, -0.2) is 0 Å². The molecule has 1 aliphatic carbocycles. The molecular formula is C13H24N2O3. The SMILES string of the molecule is COCC1CCN(CC(C)(NC2CC2)C(=O)O)C1. The molecule has 2 rings (SSSR count). The van der Waals surface area contributed by atoms with Crippen LogP contribution in [0.2, 0.25) is 0 Å². The number of methoxy groups -OCH3 is 1. The minimum Gasteiger partial charge on any atom is -0.480 e. The van der Waals surface area contributed by atoms with Gasteiger partial charge in [0.25, 0.3) is 0 Å². The first-order valence-electron chi connectivity index (χ1n) is 6.76. The number of nitrogens with one attached hydrogen (secondary N) is 1. The van der Waals surface area contributed by atoms with Gasteiger partial charge in [-0.05, 0) is 38.6 Å². The lowest BCUT2D eigenvalue weighted by atomic mass is 10.0. The second-order valence-corrected chi connectivity index (χ2v) is 5.90. The van der Waals surface area contributed by atoms with Crippen molar-refractivity contribution < 1.29 is 14.6 Å². The summed E-state index contributed by atoms with van der Waals surface area (Å²) in [6.45, 7) is 5.08. The number of aliphatic carboxylic acids is 1. The normalized spacial score (nSPS) is 28.2. The van der Waals surface area contributed by atoms with E-state index in [0.717, 1.165) is 39.0 Å². The monoisotopic (exact) mass is 256 g/mol. The maximum atomic E-state index is 11.5. The van der Waals surface area contributed by atoms with E-state index in [0.29, 0.717) is 18.5 Å². The van der Waals surface area contributed by atoms with Crippen molar-refractivity contribution in [2.24, 2.45) is 5.92 Å². The van der Waals surface area contributed by atoms with Gasteiger partial charge in [-0.1, -0.05) is 0 Å². The molecule has 0 spiro atoms. The average Bonchev–Trinajstić information content (AvgIpc) is 2.99. The first-order valence-corrected chi connectivity index (χ1v) is 6.76. The standard InChI is InChI=1S/C13H24N2O3/c1-13(12(16)17,14-11-3-4-11)9-15-6-5-10(7-15)8-18-2/h10-11,14H,3-9H2,1-2H3,(H,16,17). The van der Waals surface area contributed by atoms with E-state index < -0.39 is 11.5 Å². The number of hydrogen-bond acceptors (Lipinski definition) is 4. The van der Waals surface area contributed by atoms with Crippen molar-refractivity contribution >= 4 is 5.97 Å². The molecule has 2 aliphatic rings. The zero-order valence-corrected chi connectivity index (χ0v) is 11.3. The number of likely N-dealkylation sites (tertiary alicyclic amines) is 1. The molecule has 0 radical (unpaired) electrons. The smallest absolute Gasteiger partial charge is 0.324 e. The summed E-state index contributed by atoms with van der Waals surface area (Å²) in [5.41, 5.74) is -0.816. The molecule has 0 amide bonds. The first kappa shape index (κ1) is 13.8. The van der Waals surface area contributed by atoms with E-state index in [1.54, 1.807) is 14.0 Å². The molecular weight excluding hydrogens is 232 g/mol. The second-order valence-electron chi connectivity index (χ2n) is 5.90. The highest BCUT2D eigenvalue weighted by Gasteiger charge is 2.41. The van der Waals surface area contributed by atoms with Gasteiger partial charge < -0.3 is 14.7 Å². The third-order valence-electron chi connectivity index (χ3n) is 3.88. The van der Waals surface area contributed by atoms with E-state index >= 15 is 0 Å². The Morgan fingerprint density at radius 1 is 1.50 bits per heavy atom. The summed E-state index contributed by atoms with van der Waals surface area (Å²) in [4.78, 5) is 13.7. The largest absolute Gasteiger partial charge is 0.480 e. The van der Waals surface area contributed by atoms with E-state index in [-0.39, 0.29) is 0 Å². The van der Waals surface area contributed by atoms with Gasteiger partial charge in [-0.2, -0.15) is 0 Å². The van der Waals surface area contributed by atoms with Crippen LogP contribution in [0.25, 0.3) is 0 Å². The molecule has 1 saturated heterocycles. The number of carboxylic acid groups (broad SMARTS) is 1. The number of rotatable bonds is 7. The molecule has 1 aliphatic heterocycles. The van der Waals surface area contributed by atoms with Crippen LogP contribution in [0.1, 0.15) is 26.2 Å². The minimum absolute atomic E-state index is 0.406. The Hall–Kier alpha value is -0.650. The van der Waals surface area contributed by atoms with Crippen LogP contribution in [0, 0.1) is 5.92 Å². The van der Waals surface area contributed by atoms with Gasteiger partial charge in [-0.3, -0.25) is 10.1 Å². The molecule has 2 fully saturated rings. The van der Waals surface area contributed by atoms with Crippen LogP contribution in [-0.2, 0) is 9.53 Å². The molecule has 0 bridgehead atoms. The third kappa shape index (κ3) is 3.43. The Bertz CT molecular complexity index is 307. The van der Waals surface area contributed by atoms with Crippen molar-refractivity contribution in [2.45, 2.75) is 37.8 Å². The molecule has 0 aromatic carbocycles. The summed E-state index contributed by atoms with van der Waals surface area (Å²) >= 11 is 0. The number of carboxylic acids is 1. The van der Waals surface area contributed by atoms with Crippen LogP contribution in [-0.4, -0.2) is 60.9 Å². The Morgan fingerprint density at radius 3 is 2.78 bits per heavy atom. The van der Waals surface area contributed by atoms with Gasteiger partial charge in [0.05, 0.1) is 6.61 Å². The summed E-state index contributed by atoms with van der Waals surface area (Å²) in [5.74, 6) is -0.196. The maximum absolute atomic E-state index is 11.5. The van der Waals surface area contributed by atoms with E-state index in [1.165, 1.54) is 0 Å². The van der Waals surface area contributed by atoms with E-state index in [9.17, 15) is 9.90 Å². The van der Waals surface area contributed by atoms with E-state index in [1.807, 2.05) is 0 Å². The molecule has 1 saturated carbocycles. The van der Waals surface area contributed by atoms with Crippen molar-refractivity contribution in [2.75, 3.05) is 33.4 Å². The molecule has 2 N–H and O–H groups in total. The lowest BCUT2D eigenvalue weighted by molar-refractivity contribution is -0.145. The highest BCUT2D eigenvalue weighted by Crippen LogP contribution is 2.25. The zero-order valence-electron chi connectivity index (χ0n) is 11.3. The highest BCUT2D eigenvalue weighted by molar-refractivity contribution is 5.78. The van der Waals surface area contributed by atoms with Gasteiger partial charge in [0.1, 0.15) is 5.54 Å². The summed E-state index contributed by atoms with van der Waals surface area (Å²) in [6, 6.07) is 0.406. The Labute approximate surface area is 108 Å². The van der Waals surface area contributed by atoms with E-state index in [2.05, 4.69) is 10.2 Å². The van der Waals surface area contributed by atoms with Crippen LogP contribution in [0.3, 0.4) is 0 Å². The Morgan fingerprint density at radius 2 is 2.22 bits per heavy atom. The summed E-state index contributed by atoms with van der Waals surface area (Å²) in [7, 11) is 1.72. The Balaban J connectivity index is 1.87. The molecule has 5 heteroatoms. The molecule has 104 valence electrons. The van der Waals surface area contributed by atoms with Crippen molar-refractivity contribution in [1.29, 1.82) is 0 Å². The lowest BCUT2D eigenvalue weighted by Gasteiger charge is -2.31. The van der Waals surface area contributed by atoms with Crippen molar-refractivity contribution in [3.05, 3.63) is 0 Å². The Kier molecular flexibility index (Phi) is 4.25. The predicted octanol–water partition coefficient (Wildman–Crippen LogP) is 0.550. The van der Waals surface area contributed by atoms with Crippen LogP contribution in [0.4, 0.5) is 0 Å². The topological polar surface area (TPSA) is 61.8 Å². The molecule has 5 nitrogen and oxygen atoms in total. The van der Waals surface area contributed by atoms with Gasteiger partial charge >= 0.3 is 5.97 Å². The van der Waals surface area contributed by atoms with Crippen LogP contribution in [0.15, 0.2) is 0 Å². The highest BCUT2D eigenvalue weighted by atomic mass is 16.5. The van der Waals surface area contributed by atoms with Crippen molar-refractivity contribution in [1.82, 2.24) is 10.2 Å². The van der Waals surface area contributed by atoms with E-state index in [4.69, 9.17) is 4.74 Å². The lowest BCUT2D eigenvalue weighted by Crippen LogP contribution is -2.57. The van der Waals surface area contributed by atoms with Crippen LogP contribution >= 0.6 is 0 Å². The van der Waals surface area contributed by atoms with Gasteiger partial charge in [0.15, 0.2) is 0 Å². The van der Waals surface area contributed by atoms with Crippen molar-refractivity contribution in [3.8, 4) is 0 Å². The number of carbonyl (C=O) groups is 1. The molecule has 0 aromatic heterocycles. The zero-order chi connectivity index (χ0) is 13.2. The molecule has 1 heterocycles. The number of nitrogens with zero attached hydrogens (tertiary/aromatic N) is 1. The molecule has 0 aromatic rings. The predicted molar refractivity (Wildman–Crippen MR) is 68.6 cm³/mol. The first-order chi connectivity index (χ1) is 8.53. The molecule has 2 atom stereocenters. The summed E-state index contributed by atoms with van der Waals surface area (Å²) in [5, 5.41) is 12.7. The third-order valence-corrected chi connectivity index (χ3v) is 3.88. The van der Waals surface area contributed by atoms with Gasteiger partial charge in [0.2, 0.25) is 0 Å². The summed E-state index contributed by atoms with van der Waals surface area (Å²) in [6.07, 6.45) is 3.32. The fourth-order valence-electron chi connectivity index (χ4n) is 2.73. The van der Waals surface area contributed by atoms with Gasteiger partial charge in [-0.15, -0.1) is 0 Å². The second kappa shape index (κ2) is 5.55. The minimum atomic E-state index is -0.816. The van der Waals surface area contributed by atoms with Crippen LogP contribution in [0.5, 0.6) is 0 Å². The molecule has 2 unspecified atom stereocenters. The fraction of sp³-hybridized carbons (Fsp3) is 0.923. The number of ether oxygens (including phenoxy) is 1. The van der Waals surface area contributed by atoms with Crippen molar-refractivity contribution in [3.63, 3.8) is 0 Å². The quantitative estimate of drug-likeness (QED) is 0.696. The summed E-state index contributed by atoms with van der Waals surface area (Å²) < 4.78 is 5.17. The average molecular weight is 256 g/mol. The maximum Gasteiger partial charge on any atom is 0.324 e. The van der Waals surface area contributed by atoms with Gasteiger partial charge in [0, 0.05) is 26.2 Å². The van der Waals surface area contributed by atoms with Crippen LogP contribution < -0.4 is 5.32 Å². The fourth-order valence-corrected chi connectivity index (χ4v) is 2.73. The number of hydrogen-bond donors (Lipinski definition) is 2. The molecule has 18 heavy (non-hydrogen) atoms.